The summed E-state index contributed by atoms with van der Waals surface area (Å²) in [5, 5.41) is 3.93. The van der Waals surface area contributed by atoms with Gasteiger partial charge in [0.15, 0.2) is 5.13 Å². The zero-order valence-corrected chi connectivity index (χ0v) is 25.5. The van der Waals surface area contributed by atoms with E-state index < -0.39 is 16.1 Å². The third-order valence-electron chi connectivity index (χ3n) is 7.47. The third kappa shape index (κ3) is 6.61. The first kappa shape index (κ1) is 30.0. The predicted molar refractivity (Wildman–Crippen MR) is 161 cm³/mol. The molecule has 0 spiro atoms. The summed E-state index contributed by atoms with van der Waals surface area (Å²) in [6.45, 7) is 7.56. The van der Waals surface area contributed by atoms with Gasteiger partial charge in [-0.1, -0.05) is 17.4 Å². The second kappa shape index (κ2) is 13.2. The largest absolute Gasteiger partial charge is 0.494 e. The Kier molecular flexibility index (Phi) is 9.46. The number of fused-ring (bicyclic) bond motifs is 1. The Morgan fingerprint density at radius 3 is 2.36 bits per heavy atom. The maximum absolute atomic E-state index is 13.1. The van der Waals surface area contributed by atoms with Crippen LogP contribution in [0.25, 0.3) is 10.2 Å². The second-order valence-electron chi connectivity index (χ2n) is 10.0. The number of hydrogen-bond acceptors (Lipinski definition) is 10. The molecule has 2 aliphatic rings. The van der Waals surface area contributed by atoms with Crippen molar-refractivity contribution in [3.63, 3.8) is 0 Å². The lowest BCUT2D eigenvalue weighted by molar-refractivity contribution is 0.0932. The van der Waals surface area contributed by atoms with Crippen molar-refractivity contribution in [1.29, 1.82) is 0 Å². The molecule has 5 rings (SSSR count). The molecule has 42 heavy (non-hydrogen) atoms. The highest BCUT2D eigenvalue weighted by Gasteiger charge is 2.30. The molecular formula is C28H36N6O6S2. The van der Waals surface area contributed by atoms with Gasteiger partial charge in [0.2, 0.25) is 10.0 Å². The molecule has 14 heteroatoms. The molecule has 3 heterocycles. The van der Waals surface area contributed by atoms with E-state index >= 15 is 0 Å². The van der Waals surface area contributed by atoms with Crippen LogP contribution in [0.5, 0.6) is 5.75 Å². The summed E-state index contributed by atoms with van der Waals surface area (Å²) in [5.74, 6) is 0.538. The topological polar surface area (TPSA) is 125 Å². The van der Waals surface area contributed by atoms with Crippen LogP contribution in [0, 0.1) is 0 Å². The number of hydrogen-bond donors (Lipinski definition) is 1. The van der Waals surface area contributed by atoms with Crippen molar-refractivity contribution in [2.24, 2.45) is 0 Å². The first-order valence-electron chi connectivity index (χ1n) is 14.0. The molecule has 0 radical (unpaired) electrons. The lowest BCUT2D eigenvalue weighted by Gasteiger charge is -2.34. The summed E-state index contributed by atoms with van der Waals surface area (Å²) in [6.07, 6.45) is -0.432. The summed E-state index contributed by atoms with van der Waals surface area (Å²) in [7, 11) is -2.07. The first-order chi connectivity index (χ1) is 20.3. The third-order valence-corrected chi connectivity index (χ3v) is 10.5. The number of amides is 2. The van der Waals surface area contributed by atoms with Gasteiger partial charge in [-0.25, -0.2) is 18.2 Å². The van der Waals surface area contributed by atoms with Crippen molar-refractivity contribution in [3.05, 3.63) is 48.0 Å². The Hall–Kier alpha value is -3.46. The summed E-state index contributed by atoms with van der Waals surface area (Å²) in [4.78, 5) is 35.6. The maximum atomic E-state index is 13.1. The van der Waals surface area contributed by atoms with Crippen LogP contribution in [0.3, 0.4) is 0 Å². The predicted octanol–water partition coefficient (Wildman–Crippen LogP) is 2.32. The summed E-state index contributed by atoms with van der Waals surface area (Å²) < 4.78 is 39.1. The van der Waals surface area contributed by atoms with Gasteiger partial charge in [0.25, 0.3) is 5.91 Å². The number of para-hydroxylation sites is 1. The quantitative estimate of drug-likeness (QED) is 0.386. The highest BCUT2D eigenvalue weighted by Crippen LogP contribution is 2.34. The van der Waals surface area contributed by atoms with Gasteiger partial charge in [-0.3, -0.25) is 9.69 Å². The van der Waals surface area contributed by atoms with E-state index in [2.05, 4.69) is 21.2 Å². The van der Waals surface area contributed by atoms with Crippen molar-refractivity contribution >= 4 is 48.7 Å². The van der Waals surface area contributed by atoms with Crippen LogP contribution in [0.2, 0.25) is 0 Å². The number of rotatable bonds is 9. The number of nitrogens with one attached hydrogen (secondary N) is 1. The van der Waals surface area contributed by atoms with Gasteiger partial charge in [0.05, 0.1) is 23.3 Å². The van der Waals surface area contributed by atoms with Crippen LogP contribution >= 0.6 is 11.3 Å². The molecule has 2 aliphatic heterocycles. The van der Waals surface area contributed by atoms with E-state index in [0.717, 1.165) is 53.8 Å². The number of nitrogens with zero attached hydrogens (tertiary/aromatic N) is 5. The van der Waals surface area contributed by atoms with Crippen LogP contribution in [0.4, 0.5) is 9.93 Å². The SMILES string of the molecule is CCOC(=O)N1CCN(S(=O)(=O)c2ccc(C(=O)NCCN3CCN(c4nc5c(OC)cccc5s4)CC3)cc2)CC1. The Balaban J connectivity index is 1.06. The van der Waals surface area contributed by atoms with Crippen LogP contribution in [-0.4, -0.2) is 119 Å². The van der Waals surface area contributed by atoms with Crippen molar-refractivity contribution in [2.75, 3.05) is 84.1 Å². The fraction of sp³-hybridized carbons (Fsp3) is 0.464. The number of methoxy groups -OCH3 is 1. The van der Waals surface area contributed by atoms with Crippen molar-refractivity contribution in [1.82, 2.24) is 24.4 Å². The molecule has 2 saturated heterocycles. The van der Waals surface area contributed by atoms with Crippen LogP contribution in [0.1, 0.15) is 17.3 Å². The molecule has 1 N–H and O–H groups in total. The van der Waals surface area contributed by atoms with Gasteiger partial charge in [-0.2, -0.15) is 4.31 Å². The van der Waals surface area contributed by atoms with Gasteiger partial charge in [0, 0.05) is 71.0 Å². The molecule has 2 amide bonds. The highest BCUT2D eigenvalue weighted by molar-refractivity contribution is 7.89. The molecule has 226 valence electrons. The highest BCUT2D eigenvalue weighted by atomic mass is 32.2. The average Bonchev–Trinajstić information content (AvgIpc) is 3.46. The van der Waals surface area contributed by atoms with E-state index in [1.807, 2.05) is 12.1 Å². The monoisotopic (exact) mass is 616 g/mol. The minimum Gasteiger partial charge on any atom is -0.494 e. The summed E-state index contributed by atoms with van der Waals surface area (Å²) >= 11 is 1.67. The van der Waals surface area contributed by atoms with Crippen LogP contribution < -0.4 is 15.0 Å². The molecule has 0 aliphatic carbocycles. The molecule has 0 bridgehead atoms. The van der Waals surface area contributed by atoms with E-state index in [1.165, 1.54) is 33.5 Å². The van der Waals surface area contributed by atoms with Gasteiger partial charge < -0.3 is 24.6 Å². The molecule has 2 aromatic carbocycles. The van der Waals surface area contributed by atoms with Crippen molar-refractivity contribution in [3.8, 4) is 5.75 Å². The number of piperazine rings is 2. The number of ether oxygens (including phenoxy) is 2. The number of anilines is 1. The summed E-state index contributed by atoms with van der Waals surface area (Å²) in [6, 6.07) is 11.9. The van der Waals surface area contributed by atoms with Crippen LogP contribution in [-0.2, 0) is 14.8 Å². The number of carbonyl (C=O) groups is 2. The second-order valence-corrected chi connectivity index (χ2v) is 12.9. The maximum Gasteiger partial charge on any atom is 0.409 e. The van der Waals surface area contributed by atoms with E-state index in [0.29, 0.717) is 12.1 Å². The van der Waals surface area contributed by atoms with Crippen LogP contribution in [0.15, 0.2) is 47.4 Å². The Bertz CT molecular complexity index is 1500. The summed E-state index contributed by atoms with van der Waals surface area (Å²) in [5.41, 5.74) is 1.29. The Morgan fingerprint density at radius 1 is 0.976 bits per heavy atom. The standard InChI is InChI=1S/C28H36N6O6S2/c1-3-40-28(36)33-17-19-34(20-18-33)42(37,38)22-9-7-21(8-10-22)26(35)29-11-12-31-13-15-32(16-14-31)27-30-25-23(39-2)5-4-6-24(25)41-27/h4-10H,3,11-20H2,1-2H3,(H,29,35). The van der Waals surface area contributed by atoms with Gasteiger partial charge in [-0.05, 0) is 43.3 Å². The lowest BCUT2D eigenvalue weighted by Crippen LogP contribution is -2.50. The van der Waals surface area contributed by atoms with Gasteiger partial charge in [0.1, 0.15) is 11.3 Å². The molecule has 12 nitrogen and oxygen atoms in total. The Labute approximate surface area is 249 Å². The fourth-order valence-corrected chi connectivity index (χ4v) is 7.51. The van der Waals surface area contributed by atoms with Gasteiger partial charge in [-0.15, -0.1) is 0 Å². The number of thiazole rings is 1. The fourth-order valence-electron chi connectivity index (χ4n) is 5.06. The lowest BCUT2D eigenvalue weighted by atomic mass is 10.2. The zero-order valence-electron chi connectivity index (χ0n) is 23.8. The van der Waals surface area contributed by atoms with Gasteiger partial charge >= 0.3 is 6.09 Å². The number of benzene rings is 2. The minimum atomic E-state index is -3.73. The molecule has 3 aromatic rings. The average molecular weight is 617 g/mol. The van der Waals surface area contributed by atoms with E-state index in [-0.39, 0.29) is 43.6 Å². The number of aromatic nitrogens is 1. The normalized spacial score (nSPS) is 16.9. The number of carbonyl (C=O) groups excluding carboxylic acids is 2. The number of sulfonamides is 1. The van der Waals surface area contributed by atoms with Crippen molar-refractivity contribution in [2.45, 2.75) is 11.8 Å². The smallest absolute Gasteiger partial charge is 0.409 e. The molecule has 0 atom stereocenters. The molecule has 2 fully saturated rings. The first-order valence-corrected chi connectivity index (χ1v) is 16.3. The zero-order chi connectivity index (χ0) is 29.7. The van der Waals surface area contributed by atoms with Crippen molar-refractivity contribution < 1.29 is 27.5 Å². The molecule has 0 saturated carbocycles. The molecule has 0 unspecified atom stereocenters. The Morgan fingerprint density at radius 2 is 1.69 bits per heavy atom. The minimum absolute atomic E-state index is 0.119. The molecule has 1 aromatic heterocycles. The molecular weight excluding hydrogens is 580 g/mol. The van der Waals surface area contributed by atoms with E-state index in [9.17, 15) is 18.0 Å². The van der Waals surface area contributed by atoms with E-state index in [4.69, 9.17) is 14.5 Å². The van der Waals surface area contributed by atoms with E-state index in [1.54, 1.807) is 25.4 Å².